The third-order valence-electron chi connectivity index (χ3n) is 9.28. The molecule has 4 N–H and O–H groups in total. The zero-order valence-corrected chi connectivity index (χ0v) is 33.6. The minimum atomic E-state index is -0.425. The summed E-state index contributed by atoms with van der Waals surface area (Å²) in [5.74, 6) is -0.708. The largest absolute Gasteiger partial charge is 0.493 e. The van der Waals surface area contributed by atoms with E-state index in [-0.39, 0.29) is 55.6 Å². The summed E-state index contributed by atoms with van der Waals surface area (Å²) >= 11 is 0. The maximum atomic E-state index is 13.3. The number of carbonyl (C=O) groups excluding carboxylic acids is 2. The van der Waals surface area contributed by atoms with E-state index in [0.29, 0.717) is 21.8 Å². The summed E-state index contributed by atoms with van der Waals surface area (Å²) in [4.78, 5) is 31.9. The van der Waals surface area contributed by atoms with Gasteiger partial charge in [-0.15, -0.1) is 0 Å². The van der Waals surface area contributed by atoms with Crippen LogP contribution in [0.4, 0.5) is 8.78 Å². The van der Waals surface area contributed by atoms with Crippen molar-refractivity contribution in [2.24, 2.45) is 10.2 Å². The Morgan fingerprint density at radius 3 is 1.53 bits per heavy atom. The molecular formula is C42H36F2N6O6Zn. The summed E-state index contributed by atoms with van der Waals surface area (Å²) in [6.07, 6.45) is 8.70. The molecule has 0 fully saturated rings. The van der Waals surface area contributed by atoms with Crippen LogP contribution in [0.3, 0.4) is 0 Å². The summed E-state index contributed by atoms with van der Waals surface area (Å²) in [7, 11) is 0. The predicted octanol–water partition coefficient (Wildman–Crippen LogP) is 6.19. The molecule has 2 aliphatic carbocycles. The van der Waals surface area contributed by atoms with Crippen molar-refractivity contribution in [1.82, 2.24) is 20.8 Å². The molecule has 2 heterocycles. The van der Waals surface area contributed by atoms with Gasteiger partial charge < -0.3 is 19.7 Å². The van der Waals surface area contributed by atoms with E-state index in [9.17, 15) is 28.6 Å². The molecular weight excluding hydrogens is 788 g/mol. The first kappa shape index (κ1) is 40.3. The summed E-state index contributed by atoms with van der Waals surface area (Å²) in [5, 5.41) is 28.6. The number of aryl methyl sites for hydroxylation is 2. The van der Waals surface area contributed by atoms with Gasteiger partial charge >= 0.3 is 0 Å². The van der Waals surface area contributed by atoms with Crippen molar-refractivity contribution in [3.63, 3.8) is 0 Å². The van der Waals surface area contributed by atoms with Gasteiger partial charge in [0.1, 0.15) is 23.1 Å². The topological polar surface area (TPSA) is 168 Å². The van der Waals surface area contributed by atoms with Gasteiger partial charge in [-0.3, -0.25) is 9.59 Å². The Balaban J connectivity index is 0.000000189. The third kappa shape index (κ3) is 10.1. The number of aromatic hydroxyl groups is 2. The maximum absolute atomic E-state index is 13.3. The molecule has 0 saturated heterocycles. The number of halogens is 2. The number of nitrogens with zero attached hydrogens (tertiary/aromatic N) is 4. The Bertz CT molecular complexity index is 2340. The number of amides is 2. The molecule has 2 amide bonds. The number of pyridine rings is 2. The quantitative estimate of drug-likeness (QED) is 0.0721. The zero-order valence-electron chi connectivity index (χ0n) is 30.7. The molecule has 12 nitrogen and oxygen atoms in total. The third-order valence-corrected chi connectivity index (χ3v) is 9.28. The van der Waals surface area contributed by atoms with Gasteiger partial charge in [0.2, 0.25) is 11.8 Å². The van der Waals surface area contributed by atoms with Crippen LogP contribution < -0.4 is 20.3 Å². The molecule has 0 unspecified atom stereocenters. The Kier molecular flexibility index (Phi) is 13.1. The number of hydrazone groups is 2. The number of benzene rings is 4. The second-order valence-corrected chi connectivity index (χ2v) is 13.1. The normalized spacial score (nSPS) is 12.8. The van der Waals surface area contributed by atoms with Gasteiger partial charge in [0.15, 0.2) is 13.2 Å². The van der Waals surface area contributed by atoms with E-state index >= 15 is 0 Å². The molecule has 0 atom stereocenters. The zero-order chi connectivity index (χ0) is 39.0. The van der Waals surface area contributed by atoms with Gasteiger partial charge in [-0.25, -0.2) is 29.6 Å². The van der Waals surface area contributed by atoms with E-state index < -0.39 is 23.4 Å². The molecule has 57 heavy (non-hydrogen) atoms. The Morgan fingerprint density at radius 2 is 1.09 bits per heavy atom. The number of rotatable bonds is 10. The second-order valence-electron chi connectivity index (χ2n) is 13.1. The van der Waals surface area contributed by atoms with Crippen LogP contribution in [0.1, 0.15) is 46.2 Å². The molecule has 8 rings (SSSR count). The van der Waals surface area contributed by atoms with Crippen LogP contribution in [0, 0.1) is 11.6 Å². The minimum absolute atomic E-state index is 0. The van der Waals surface area contributed by atoms with Gasteiger partial charge in [-0.2, -0.15) is 10.2 Å². The number of ether oxygens (including phenoxy) is 2. The second kappa shape index (κ2) is 18.5. The molecule has 286 valence electrons. The molecule has 0 spiro atoms. The van der Waals surface area contributed by atoms with Crippen LogP contribution in [0.5, 0.6) is 23.3 Å². The first-order valence-electron chi connectivity index (χ1n) is 17.9. The van der Waals surface area contributed by atoms with Crippen LogP contribution in [-0.2, 0) is 54.8 Å². The van der Waals surface area contributed by atoms with Crippen LogP contribution >= 0.6 is 0 Å². The fraction of sp³-hybridized carbons (Fsp3) is 0.190. The molecule has 4 aromatic carbocycles. The molecule has 15 heteroatoms. The van der Waals surface area contributed by atoms with Crippen LogP contribution in [0.25, 0.3) is 21.8 Å². The molecule has 0 saturated carbocycles. The fourth-order valence-electron chi connectivity index (χ4n) is 6.64. The number of hydrogen-bond donors (Lipinski definition) is 4. The predicted molar refractivity (Wildman–Crippen MR) is 206 cm³/mol. The van der Waals surface area contributed by atoms with Crippen molar-refractivity contribution >= 4 is 46.0 Å². The van der Waals surface area contributed by atoms with Crippen molar-refractivity contribution < 1.29 is 57.5 Å². The summed E-state index contributed by atoms with van der Waals surface area (Å²) in [5.41, 5.74) is 11.0. The Hall–Kier alpha value is -6.34. The average Bonchev–Trinajstić information content (AvgIpc) is 3.88. The van der Waals surface area contributed by atoms with Crippen molar-refractivity contribution in [1.29, 1.82) is 0 Å². The van der Waals surface area contributed by atoms with Crippen molar-refractivity contribution in [2.75, 3.05) is 13.2 Å². The summed E-state index contributed by atoms with van der Waals surface area (Å²) < 4.78 is 37.9. The van der Waals surface area contributed by atoms with E-state index in [1.807, 2.05) is 24.3 Å². The number of carbonyl (C=O) groups is 2. The van der Waals surface area contributed by atoms with Gasteiger partial charge in [0, 0.05) is 30.3 Å². The van der Waals surface area contributed by atoms with Crippen molar-refractivity contribution in [3.05, 3.63) is 130 Å². The Labute approximate surface area is 338 Å². The van der Waals surface area contributed by atoms with Gasteiger partial charge in [-0.05, 0) is 121 Å². The molecule has 0 bridgehead atoms. The molecule has 6 aromatic rings. The number of nitrogens with one attached hydrogen (secondary N) is 2. The van der Waals surface area contributed by atoms with Gasteiger partial charge in [0.05, 0.1) is 34.6 Å². The van der Waals surface area contributed by atoms with Gasteiger partial charge in [-0.1, -0.05) is 24.3 Å². The average molecular weight is 824 g/mol. The molecule has 2 aliphatic rings. The van der Waals surface area contributed by atoms with Crippen LogP contribution in [0.15, 0.2) is 95.1 Å². The first-order chi connectivity index (χ1) is 27.2. The number of hydrogen-bond acceptors (Lipinski definition) is 10. The monoisotopic (exact) mass is 822 g/mol. The molecule has 2 aromatic heterocycles. The summed E-state index contributed by atoms with van der Waals surface area (Å²) in [6.45, 7) is -0.331. The van der Waals surface area contributed by atoms with E-state index in [4.69, 9.17) is 9.47 Å². The molecule has 0 radical (unpaired) electrons. The molecule has 0 aliphatic heterocycles. The van der Waals surface area contributed by atoms with Crippen molar-refractivity contribution in [3.8, 4) is 23.3 Å². The summed E-state index contributed by atoms with van der Waals surface area (Å²) in [6, 6.07) is 22.9. The maximum Gasteiger partial charge on any atom is 0.277 e. The van der Waals surface area contributed by atoms with E-state index in [1.54, 1.807) is 12.1 Å². The first-order valence-corrected chi connectivity index (χ1v) is 17.9. The van der Waals surface area contributed by atoms with E-state index in [1.165, 1.54) is 60.0 Å². The minimum Gasteiger partial charge on any atom is -0.493 e. The van der Waals surface area contributed by atoms with Crippen molar-refractivity contribution in [2.45, 2.75) is 38.5 Å². The number of aromatic nitrogens is 2. The Morgan fingerprint density at radius 1 is 0.649 bits per heavy atom. The smallest absolute Gasteiger partial charge is 0.277 e. The van der Waals surface area contributed by atoms with Crippen LogP contribution in [0.2, 0.25) is 0 Å². The SMILES string of the molecule is O=C(COc1cccc2c1CCC2)N/N=C/c1cc2cc(F)ccc2nc1O.O=C(COc1cccc2c1CCC2)N/N=C/c1cc2cc(F)ccc2nc1O.[Zn]. The van der Waals surface area contributed by atoms with Gasteiger partial charge in [0.25, 0.3) is 11.8 Å². The van der Waals surface area contributed by atoms with E-state index in [2.05, 4.69) is 43.2 Å². The van der Waals surface area contributed by atoms with E-state index in [0.717, 1.165) is 61.2 Å². The fourth-order valence-corrected chi connectivity index (χ4v) is 6.64. The standard InChI is InChI=1S/2C21H18FN3O3.Zn/c2*22-16-7-8-18-14(10-16)9-15(21(27)24-18)11-23-25-20(26)12-28-19-6-2-4-13-3-1-5-17(13)19;/h2*2,4,6-11H,1,3,5,12H2,(H,24,27)(H,25,26);/b2*23-11+;. The van der Waals surface area contributed by atoms with Crippen LogP contribution in [-0.4, -0.2) is 57.6 Å². The number of fused-ring (bicyclic) bond motifs is 4.